The summed E-state index contributed by atoms with van der Waals surface area (Å²) in [5, 5.41) is 3.43. The van der Waals surface area contributed by atoms with Crippen molar-refractivity contribution < 1.29 is 9.47 Å². The highest BCUT2D eigenvalue weighted by molar-refractivity contribution is 5.43. The van der Waals surface area contributed by atoms with Crippen LogP contribution in [0.5, 0.6) is 11.5 Å². The molecular formula is C13H20N2O2. The first-order valence-electron chi connectivity index (χ1n) is 6.11. The van der Waals surface area contributed by atoms with Crippen molar-refractivity contribution in [3.63, 3.8) is 0 Å². The fraction of sp³-hybridized carbons (Fsp3) is 0.538. The first kappa shape index (κ1) is 12.2. The van der Waals surface area contributed by atoms with Gasteiger partial charge in [0.1, 0.15) is 13.2 Å². The summed E-state index contributed by atoms with van der Waals surface area (Å²) in [4.78, 5) is 0. The molecule has 17 heavy (non-hydrogen) atoms. The number of benzene rings is 1. The van der Waals surface area contributed by atoms with Crippen molar-refractivity contribution >= 4 is 0 Å². The van der Waals surface area contributed by atoms with Gasteiger partial charge in [-0.1, -0.05) is 6.07 Å². The lowest BCUT2D eigenvalue weighted by atomic mass is 10.1. The van der Waals surface area contributed by atoms with Gasteiger partial charge in [0, 0.05) is 12.6 Å². The minimum atomic E-state index is 0.438. The summed E-state index contributed by atoms with van der Waals surface area (Å²) < 4.78 is 11.0. The van der Waals surface area contributed by atoms with Crippen LogP contribution < -0.4 is 20.5 Å². The fourth-order valence-corrected chi connectivity index (χ4v) is 1.84. The Morgan fingerprint density at radius 1 is 1.29 bits per heavy atom. The zero-order valence-corrected chi connectivity index (χ0v) is 10.2. The average Bonchev–Trinajstić information content (AvgIpc) is 2.36. The summed E-state index contributed by atoms with van der Waals surface area (Å²) in [5.74, 6) is 1.69. The van der Waals surface area contributed by atoms with Crippen molar-refractivity contribution in [3.05, 3.63) is 23.8 Å². The Morgan fingerprint density at radius 2 is 2.06 bits per heavy atom. The van der Waals surface area contributed by atoms with Crippen LogP contribution in [-0.2, 0) is 6.54 Å². The van der Waals surface area contributed by atoms with Gasteiger partial charge in [0.2, 0.25) is 0 Å². The Morgan fingerprint density at radius 3 is 2.82 bits per heavy atom. The molecule has 4 nitrogen and oxygen atoms in total. The lowest BCUT2D eigenvalue weighted by Gasteiger charge is -2.19. The molecule has 4 heteroatoms. The van der Waals surface area contributed by atoms with Gasteiger partial charge in [-0.2, -0.15) is 0 Å². The molecule has 2 rings (SSSR count). The van der Waals surface area contributed by atoms with E-state index in [1.54, 1.807) is 0 Å². The molecule has 1 aliphatic rings. The molecule has 0 bridgehead atoms. The van der Waals surface area contributed by atoms with E-state index < -0.39 is 0 Å². The molecule has 0 radical (unpaired) electrons. The lowest BCUT2D eigenvalue weighted by molar-refractivity contribution is 0.171. The average molecular weight is 236 g/mol. The summed E-state index contributed by atoms with van der Waals surface area (Å²) in [5.41, 5.74) is 6.72. The Balaban J connectivity index is 1.93. The van der Waals surface area contributed by atoms with Gasteiger partial charge in [0.05, 0.1) is 0 Å². The van der Waals surface area contributed by atoms with Crippen molar-refractivity contribution in [2.24, 2.45) is 5.73 Å². The monoisotopic (exact) mass is 236 g/mol. The summed E-state index contributed by atoms with van der Waals surface area (Å²) in [6.45, 7) is 4.96. The molecule has 1 aromatic carbocycles. The van der Waals surface area contributed by atoms with Gasteiger partial charge >= 0.3 is 0 Å². The maximum atomic E-state index is 5.55. The van der Waals surface area contributed by atoms with E-state index in [0.29, 0.717) is 19.3 Å². The predicted molar refractivity (Wildman–Crippen MR) is 67.4 cm³/mol. The summed E-state index contributed by atoms with van der Waals surface area (Å²) in [6.07, 6.45) is 0.991. The smallest absolute Gasteiger partial charge is 0.161 e. The topological polar surface area (TPSA) is 56.5 Å². The maximum Gasteiger partial charge on any atom is 0.161 e. The third kappa shape index (κ3) is 3.35. The molecule has 0 aliphatic carbocycles. The second kappa shape index (κ2) is 5.89. The first-order valence-corrected chi connectivity index (χ1v) is 6.11. The molecule has 3 N–H and O–H groups in total. The van der Waals surface area contributed by atoms with Gasteiger partial charge in [-0.05, 0) is 37.6 Å². The molecular weight excluding hydrogens is 216 g/mol. The van der Waals surface area contributed by atoms with Gasteiger partial charge < -0.3 is 20.5 Å². The van der Waals surface area contributed by atoms with Gasteiger partial charge in [-0.15, -0.1) is 0 Å². The number of nitrogens with two attached hydrogens (primary N) is 1. The SMILES string of the molecule is CC(CCN)NCc1ccc2c(c1)OCCO2. The van der Waals surface area contributed by atoms with Crippen molar-refractivity contribution in [2.75, 3.05) is 19.8 Å². The largest absolute Gasteiger partial charge is 0.486 e. The van der Waals surface area contributed by atoms with E-state index >= 15 is 0 Å². The van der Waals surface area contributed by atoms with Gasteiger partial charge in [-0.3, -0.25) is 0 Å². The predicted octanol–water partition coefficient (Wildman–Crippen LogP) is 1.28. The molecule has 0 spiro atoms. The Labute approximate surface area is 102 Å². The molecule has 0 amide bonds. The molecule has 1 aliphatic heterocycles. The van der Waals surface area contributed by atoms with Gasteiger partial charge in [-0.25, -0.2) is 0 Å². The summed E-state index contributed by atoms with van der Waals surface area (Å²) >= 11 is 0. The molecule has 0 fully saturated rings. The highest BCUT2D eigenvalue weighted by Crippen LogP contribution is 2.30. The minimum Gasteiger partial charge on any atom is -0.486 e. The van der Waals surface area contributed by atoms with Crippen LogP contribution in [0, 0.1) is 0 Å². The van der Waals surface area contributed by atoms with Crippen LogP contribution in [0.15, 0.2) is 18.2 Å². The normalized spacial score (nSPS) is 15.6. The van der Waals surface area contributed by atoms with Crippen molar-refractivity contribution in [2.45, 2.75) is 25.9 Å². The van der Waals surface area contributed by atoms with E-state index in [9.17, 15) is 0 Å². The second-order valence-electron chi connectivity index (χ2n) is 4.34. The van der Waals surface area contributed by atoms with Crippen LogP contribution in [0.4, 0.5) is 0 Å². The van der Waals surface area contributed by atoms with Gasteiger partial charge in [0.25, 0.3) is 0 Å². The third-order valence-electron chi connectivity index (χ3n) is 2.86. The number of rotatable bonds is 5. The standard InChI is InChI=1S/C13H20N2O2/c1-10(4-5-14)15-9-11-2-3-12-13(8-11)17-7-6-16-12/h2-3,8,10,15H,4-7,9,14H2,1H3. The van der Waals surface area contributed by atoms with Crippen molar-refractivity contribution in [1.29, 1.82) is 0 Å². The molecule has 0 saturated carbocycles. The van der Waals surface area contributed by atoms with Gasteiger partial charge in [0.15, 0.2) is 11.5 Å². The minimum absolute atomic E-state index is 0.438. The van der Waals surface area contributed by atoms with Crippen LogP contribution >= 0.6 is 0 Å². The third-order valence-corrected chi connectivity index (χ3v) is 2.86. The number of fused-ring (bicyclic) bond motifs is 1. The van der Waals surface area contributed by atoms with E-state index in [-0.39, 0.29) is 0 Å². The first-order chi connectivity index (χ1) is 8.29. The van der Waals surface area contributed by atoms with E-state index in [4.69, 9.17) is 15.2 Å². The lowest BCUT2D eigenvalue weighted by Crippen LogP contribution is -2.27. The van der Waals surface area contributed by atoms with Crippen LogP contribution in [0.25, 0.3) is 0 Å². The number of hydrogen-bond acceptors (Lipinski definition) is 4. The van der Waals surface area contributed by atoms with E-state index in [2.05, 4.69) is 18.3 Å². The molecule has 1 heterocycles. The molecule has 1 unspecified atom stereocenters. The van der Waals surface area contributed by atoms with Crippen molar-refractivity contribution in [3.8, 4) is 11.5 Å². The van der Waals surface area contributed by atoms with Crippen LogP contribution in [0.2, 0.25) is 0 Å². The second-order valence-corrected chi connectivity index (χ2v) is 4.34. The van der Waals surface area contributed by atoms with E-state index in [1.807, 2.05) is 12.1 Å². The van der Waals surface area contributed by atoms with Crippen LogP contribution in [0.1, 0.15) is 18.9 Å². The summed E-state index contributed by atoms with van der Waals surface area (Å²) in [6, 6.07) is 6.51. The Hall–Kier alpha value is -1.26. The fourth-order valence-electron chi connectivity index (χ4n) is 1.84. The van der Waals surface area contributed by atoms with Crippen LogP contribution in [0.3, 0.4) is 0 Å². The summed E-state index contributed by atoms with van der Waals surface area (Å²) in [7, 11) is 0. The number of hydrogen-bond donors (Lipinski definition) is 2. The Kier molecular flexibility index (Phi) is 4.23. The molecule has 1 aromatic rings. The Bertz CT molecular complexity index is 368. The molecule has 0 saturated heterocycles. The zero-order chi connectivity index (χ0) is 12.1. The number of nitrogens with one attached hydrogen (secondary N) is 1. The van der Waals surface area contributed by atoms with E-state index in [1.165, 1.54) is 5.56 Å². The molecule has 94 valence electrons. The van der Waals surface area contributed by atoms with E-state index in [0.717, 1.165) is 31.0 Å². The quantitative estimate of drug-likeness (QED) is 0.808. The maximum absolute atomic E-state index is 5.55. The number of ether oxygens (including phenoxy) is 2. The highest BCUT2D eigenvalue weighted by Gasteiger charge is 2.11. The van der Waals surface area contributed by atoms with Crippen molar-refractivity contribution in [1.82, 2.24) is 5.32 Å². The highest BCUT2D eigenvalue weighted by atomic mass is 16.6. The zero-order valence-electron chi connectivity index (χ0n) is 10.2. The molecule has 1 atom stereocenters. The molecule has 0 aromatic heterocycles. The van der Waals surface area contributed by atoms with Crippen LogP contribution in [-0.4, -0.2) is 25.8 Å².